The van der Waals surface area contributed by atoms with E-state index in [2.05, 4.69) is 16.0 Å². The number of likely N-dealkylation sites (tertiary alicyclic amines) is 1. The SMILES string of the molecule is O=C(C1CCC1)N1CCC(c2ccccn2)CC1. The molecule has 2 aliphatic rings. The molecule has 1 saturated carbocycles. The van der Waals surface area contributed by atoms with Crippen molar-refractivity contribution in [2.24, 2.45) is 5.92 Å². The van der Waals surface area contributed by atoms with E-state index < -0.39 is 0 Å². The zero-order valence-corrected chi connectivity index (χ0v) is 10.7. The lowest BCUT2D eigenvalue weighted by molar-refractivity contribution is -0.139. The predicted octanol–water partition coefficient (Wildman–Crippen LogP) is 2.59. The summed E-state index contributed by atoms with van der Waals surface area (Å²) in [4.78, 5) is 18.6. The van der Waals surface area contributed by atoms with Crippen molar-refractivity contribution in [3.05, 3.63) is 30.1 Å². The molecule has 1 amide bonds. The highest BCUT2D eigenvalue weighted by Gasteiger charge is 2.31. The van der Waals surface area contributed by atoms with Gasteiger partial charge in [0.25, 0.3) is 0 Å². The van der Waals surface area contributed by atoms with Gasteiger partial charge in [-0.1, -0.05) is 12.5 Å². The van der Waals surface area contributed by atoms with Crippen molar-refractivity contribution >= 4 is 5.91 Å². The molecule has 1 aliphatic carbocycles. The molecule has 96 valence electrons. The molecule has 3 nitrogen and oxygen atoms in total. The minimum Gasteiger partial charge on any atom is -0.342 e. The average Bonchev–Trinajstić information content (AvgIpc) is 2.38. The monoisotopic (exact) mass is 244 g/mol. The normalized spacial score (nSPS) is 21.7. The van der Waals surface area contributed by atoms with Gasteiger partial charge in [0.15, 0.2) is 0 Å². The van der Waals surface area contributed by atoms with Crippen LogP contribution in [0.2, 0.25) is 0 Å². The van der Waals surface area contributed by atoms with Crippen molar-refractivity contribution in [3.8, 4) is 0 Å². The van der Waals surface area contributed by atoms with Crippen molar-refractivity contribution in [3.63, 3.8) is 0 Å². The summed E-state index contributed by atoms with van der Waals surface area (Å²) >= 11 is 0. The Morgan fingerprint density at radius 2 is 1.94 bits per heavy atom. The van der Waals surface area contributed by atoms with Crippen LogP contribution in [0.1, 0.15) is 43.7 Å². The van der Waals surface area contributed by atoms with E-state index in [1.807, 2.05) is 18.3 Å². The fourth-order valence-electron chi connectivity index (χ4n) is 2.93. The first-order valence-corrected chi connectivity index (χ1v) is 7.04. The first kappa shape index (κ1) is 11.7. The van der Waals surface area contributed by atoms with Gasteiger partial charge in [0.2, 0.25) is 5.91 Å². The molecular weight excluding hydrogens is 224 g/mol. The molecule has 1 aromatic heterocycles. The molecule has 0 atom stereocenters. The summed E-state index contributed by atoms with van der Waals surface area (Å²) in [5.74, 6) is 1.29. The van der Waals surface area contributed by atoms with Crippen LogP contribution in [0.25, 0.3) is 0 Å². The van der Waals surface area contributed by atoms with Gasteiger partial charge < -0.3 is 4.90 Å². The number of rotatable bonds is 2. The van der Waals surface area contributed by atoms with Crippen molar-refractivity contribution in [2.75, 3.05) is 13.1 Å². The molecule has 3 heteroatoms. The molecule has 1 saturated heterocycles. The predicted molar refractivity (Wildman–Crippen MR) is 70.1 cm³/mol. The van der Waals surface area contributed by atoms with E-state index in [0.29, 0.717) is 17.7 Å². The molecule has 18 heavy (non-hydrogen) atoms. The van der Waals surface area contributed by atoms with Crippen molar-refractivity contribution in [1.82, 2.24) is 9.88 Å². The van der Waals surface area contributed by atoms with Gasteiger partial charge in [0.05, 0.1) is 0 Å². The molecule has 1 aromatic rings. The third-order valence-electron chi connectivity index (χ3n) is 4.37. The second kappa shape index (κ2) is 5.09. The van der Waals surface area contributed by atoms with Gasteiger partial charge in [0.1, 0.15) is 0 Å². The molecule has 0 spiro atoms. The Kier molecular flexibility index (Phi) is 3.31. The number of carbonyl (C=O) groups excluding carboxylic acids is 1. The molecule has 0 radical (unpaired) electrons. The summed E-state index contributed by atoms with van der Waals surface area (Å²) in [6.45, 7) is 1.83. The van der Waals surface area contributed by atoms with Gasteiger partial charge in [0, 0.05) is 36.8 Å². The van der Waals surface area contributed by atoms with E-state index in [0.717, 1.165) is 38.8 Å². The number of carbonyl (C=O) groups is 1. The molecular formula is C15H20N2O. The lowest BCUT2D eigenvalue weighted by atomic mass is 9.83. The number of piperidine rings is 1. The topological polar surface area (TPSA) is 33.2 Å². The molecule has 0 N–H and O–H groups in total. The Bertz CT molecular complexity index is 406. The molecule has 3 rings (SSSR count). The van der Waals surface area contributed by atoms with E-state index in [4.69, 9.17) is 0 Å². The highest BCUT2D eigenvalue weighted by Crippen LogP contribution is 2.31. The number of hydrogen-bond acceptors (Lipinski definition) is 2. The van der Waals surface area contributed by atoms with E-state index in [-0.39, 0.29) is 0 Å². The number of aromatic nitrogens is 1. The summed E-state index contributed by atoms with van der Waals surface area (Å²) in [5, 5.41) is 0. The number of nitrogens with zero attached hydrogens (tertiary/aromatic N) is 2. The maximum atomic E-state index is 12.1. The quantitative estimate of drug-likeness (QED) is 0.801. The second-order valence-corrected chi connectivity index (χ2v) is 5.48. The fourth-order valence-corrected chi connectivity index (χ4v) is 2.93. The van der Waals surface area contributed by atoms with Crippen LogP contribution in [-0.4, -0.2) is 28.9 Å². The molecule has 0 bridgehead atoms. The van der Waals surface area contributed by atoms with Crippen molar-refractivity contribution < 1.29 is 4.79 Å². The zero-order valence-electron chi connectivity index (χ0n) is 10.7. The van der Waals surface area contributed by atoms with Gasteiger partial charge in [-0.3, -0.25) is 9.78 Å². The maximum Gasteiger partial charge on any atom is 0.225 e. The summed E-state index contributed by atoms with van der Waals surface area (Å²) < 4.78 is 0. The number of amides is 1. The third kappa shape index (κ3) is 2.26. The Balaban J connectivity index is 1.56. The highest BCUT2D eigenvalue weighted by atomic mass is 16.2. The summed E-state index contributed by atoms with van der Waals surface area (Å²) in [5.41, 5.74) is 1.19. The Morgan fingerprint density at radius 3 is 2.50 bits per heavy atom. The number of pyridine rings is 1. The van der Waals surface area contributed by atoms with Crippen molar-refractivity contribution in [1.29, 1.82) is 0 Å². The van der Waals surface area contributed by atoms with Crippen LogP contribution in [0.4, 0.5) is 0 Å². The molecule has 1 aliphatic heterocycles. The van der Waals surface area contributed by atoms with Gasteiger partial charge in [-0.25, -0.2) is 0 Å². The van der Waals surface area contributed by atoms with E-state index >= 15 is 0 Å². The summed E-state index contributed by atoms with van der Waals surface area (Å²) in [6.07, 6.45) is 7.45. The zero-order chi connectivity index (χ0) is 12.4. The van der Waals surface area contributed by atoms with Gasteiger partial charge in [-0.15, -0.1) is 0 Å². The fraction of sp³-hybridized carbons (Fsp3) is 0.600. The van der Waals surface area contributed by atoms with Gasteiger partial charge in [-0.2, -0.15) is 0 Å². The second-order valence-electron chi connectivity index (χ2n) is 5.48. The lowest BCUT2D eigenvalue weighted by Crippen LogP contribution is -2.43. The van der Waals surface area contributed by atoms with E-state index in [1.54, 1.807) is 0 Å². The standard InChI is InChI=1S/C15H20N2O/c18-15(13-4-3-5-13)17-10-7-12(8-11-17)14-6-1-2-9-16-14/h1-2,6,9,12-13H,3-5,7-8,10-11H2. The lowest BCUT2D eigenvalue weighted by Gasteiger charge is -2.36. The van der Waals surface area contributed by atoms with E-state index in [1.165, 1.54) is 12.1 Å². The number of hydrogen-bond donors (Lipinski definition) is 0. The average molecular weight is 244 g/mol. The van der Waals surface area contributed by atoms with E-state index in [9.17, 15) is 4.79 Å². The minimum atomic E-state index is 0.344. The first-order chi connectivity index (χ1) is 8.84. The smallest absolute Gasteiger partial charge is 0.225 e. The van der Waals surface area contributed by atoms with Crippen molar-refractivity contribution in [2.45, 2.75) is 38.0 Å². The Labute approximate surface area is 108 Å². The van der Waals surface area contributed by atoms with Crippen LogP contribution in [0.3, 0.4) is 0 Å². The first-order valence-electron chi connectivity index (χ1n) is 7.04. The van der Waals surface area contributed by atoms with Crippen LogP contribution in [0, 0.1) is 5.92 Å². The van der Waals surface area contributed by atoms with Gasteiger partial charge >= 0.3 is 0 Å². The molecule has 2 fully saturated rings. The summed E-state index contributed by atoms with van der Waals surface area (Å²) in [6, 6.07) is 6.11. The highest BCUT2D eigenvalue weighted by molar-refractivity contribution is 5.79. The molecule has 0 unspecified atom stereocenters. The van der Waals surface area contributed by atoms with Crippen LogP contribution in [0.5, 0.6) is 0 Å². The largest absolute Gasteiger partial charge is 0.342 e. The van der Waals surface area contributed by atoms with Crippen LogP contribution in [-0.2, 0) is 4.79 Å². The Hall–Kier alpha value is -1.38. The Morgan fingerprint density at radius 1 is 1.17 bits per heavy atom. The van der Waals surface area contributed by atoms with Gasteiger partial charge in [-0.05, 0) is 37.8 Å². The molecule has 0 aromatic carbocycles. The maximum absolute atomic E-state index is 12.1. The minimum absolute atomic E-state index is 0.344. The van der Waals surface area contributed by atoms with Crippen LogP contribution < -0.4 is 0 Å². The third-order valence-corrected chi connectivity index (χ3v) is 4.37. The summed E-state index contributed by atoms with van der Waals surface area (Å²) in [7, 11) is 0. The van der Waals surface area contributed by atoms with Crippen LogP contribution >= 0.6 is 0 Å². The molecule has 2 heterocycles. The van der Waals surface area contributed by atoms with Crippen LogP contribution in [0.15, 0.2) is 24.4 Å².